The van der Waals surface area contributed by atoms with E-state index in [1.165, 1.54) is 4.90 Å². The zero-order valence-electron chi connectivity index (χ0n) is 18.5. The van der Waals surface area contributed by atoms with Crippen LogP contribution in [0, 0.1) is 0 Å². The molecule has 0 bridgehead atoms. The lowest BCUT2D eigenvalue weighted by Crippen LogP contribution is -2.59. The van der Waals surface area contributed by atoms with E-state index in [1.54, 1.807) is 36.3 Å². The van der Waals surface area contributed by atoms with Crippen LogP contribution < -0.4 is 15.0 Å². The molecule has 2 heterocycles. The molecule has 9 heteroatoms. The second kappa shape index (κ2) is 10.1. The summed E-state index contributed by atoms with van der Waals surface area (Å²) in [6.07, 6.45) is -0.0510. The Bertz CT molecular complexity index is 1020. The van der Waals surface area contributed by atoms with Gasteiger partial charge in [-0.2, -0.15) is 0 Å². The maximum Gasteiger partial charge on any atom is 0.256 e. The van der Waals surface area contributed by atoms with Gasteiger partial charge in [0.05, 0.1) is 24.1 Å². The van der Waals surface area contributed by atoms with E-state index < -0.39 is 6.04 Å². The molecule has 8 nitrogen and oxygen atoms in total. The largest absolute Gasteiger partial charge is 0.497 e. The fourth-order valence-corrected chi connectivity index (χ4v) is 4.47. The van der Waals surface area contributed by atoms with E-state index in [1.807, 2.05) is 24.3 Å². The smallest absolute Gasteiger partial charge is 0.256 e. The lowest BCUT2D eigenvalue weighted by Gasteiger charge is -2.39. The van der Waals surface area contributed by atoms with Crippen LogP contribution in [0.3, 0.4) is 0 Å². The number of benzene rings is 2. The van der Waals surface area contributed by atoms with Crippen LogP contribution in [-0.2, 0) is 9.59 Å². The van der Waals surface area contributed by atoms with Crippen molar-refractivity contribution in [2.45, 2.75) is 12.5 Å². The van der Waals surface area contributed by atoms with Crippen molar-refractivity contribution in [3.05, 3.63) is 59.1 Å². The van der Waals surface area contributed by atoms with Gasteiger partial charge < -0.3 is 24.8 Å². The minimum Gasteiger partial charge on any atom is -0.497 e. The first-order chi connectivity index (χ1) is 16.0. The standard InChI is InChI=1S/C24H27ClN4O4/c1-33-18-8-6-17(7-9-18)27-12-14-28(15-13-27)22(30)16-21-23(31)26-10-11-29(21)24(32)19-4-2-3-5-20(19)25/h2-9,21H,10-16H2,1H3,(H,26,31)/t21-/m1/s1. The molecule has 2 aromatic rings. The zero-order chi connectivity index (χ0) is 23.4. The minimum atomic E-state index is -0.852. The average Bonchev–Trinajstić information content (AvgIpc) is 2.85. The number of nitrogens with zero attached hydrogens (tertiary/aromatic N) is 3. The van der Waals surface area contributed by atoms with Gasteiger partial charge in [0.2, 0.25) is 11.8 Å². The molecule has 0 saturated carbocycles. The number of ether oxygens (including phenoxy) is 1. The van der Waals surface area contributed by atoms with Crippen molar-refractivity contribution in [3.63, 3.8) is 0 Å². The topological polar surface area (TPSA) is 82.2 Å². The van der Waals surface area contributed by atoms with Gasteiger partial charge in [0.1, 0.15) is 11.8 Å². The predicted octanol–water partition coefficient (Wildman–Crippen LogP) is 2.03. The van der Waals surface area contributed by atoms with E-state index in [4.69, 9.17) is 16.3 Å². The van der Waals surface area contributed by atoms with Crippen LogP contribution >= 0.6 is 11.6 Å². The maximum atomic E-state index is 13.1. The summed E-state index contributed by atoms with van der Waals surface area (Å²) in [6.45, 7) is 3.17. The highest BCUT2D eigenvalue weighted by molar-refractivity contribution is 6.33. The molecule has 0 aliphatic carbocycles. The van der Waals surface area contributed by atoms with Crippen LogP contribution in [0.2, 0.25) is 5.02 Å². The summed E-state index contributed by atoms with van der Waals surface area (Å²) in [4.78, 5) is 44.2. The van der Waals surface area contributed by atoms with Gasteiger partial charge in [-0.05, 0) is 36.4 Å². The first-order valence-electron chi connectivity index (χ1n) is 11.0. The van der Waals surface area contributed by atoms with E-state index in [2.05, 4.69) is 10.2 Å². The number of carbonyl (C=O) groups excluding carboxylic acids is 3. The molecule has 0 unspecified atom stereocenters. The highest BCUT2D eigenvalue weighted by atomic mass is 35.5. The molecule has 0 spiro atoms. The number of hydrogen-bond acceptors (Lipinski definition) is 5. The molecule has 2 fully saturated rings. The third-order valence-corrected chi connectivity index (χ3v) is 6.46. The van der Waals surface area contributed by atoms with Gasteiger partial charge in [-0.1, -0.05) is 23.7 Å². The average molecular weight is 471 g/mol. The van der Waals surface area contributed by atoms with Crippen molar-refractivity contribution in [3.8, 4) is 5.75 Å². The zero-order valence-corrected chi connectivity index (χ0v) is 19.3. The summed E-state index contributed by atoms with van der Waals surface area (Å²) >= 11 is 6.20. The molecule has 4 rings (SSSR count). The minimum absolute atomic E-state index is 0.0510. The number of halogens is 1. The molecule has 174 valence electrons. The monoisotopic (exact) mass is 470 g/mol. The summed E-state index contributed by atoms with van der Waals surface area (Å²) in [5, 5.41) is 3.10. The quantitative estimate of drug-likeness (QED) is 0.723. The van der Waals surface area contributed by atoms with Crippen molar-refractivity contribution in [1.82, 2.24) is 15.1 Å². The Morgan fingerprint density at radius 3 is 2.39 bits per heavy atom. The number of rotatable bonds is 5. The lowest BCUT2D eigenvalue weighted by atomic mass is 10.0. The Kier molecular flexibility index (Phi) is 7.03. The third kappa shape index (κ3) is 5.06. The molecule has 1 atom stereocenters. The molecule has 2 aromatic carbocycles. The van der Waals surface area contributed by atoms with Gasteiger partial charge in [0.25, 0.3) is 5.91 Å². The van der Waals surface area contributed by atoms with Crippen LogP contribution in [0.15, 0.2) is 48.5 Å². The number of methoxy groups -OCH3 is 1. The number of anilines is 1. The van der Waals surface area contributed by atoms with Crippen LogP contribution in [0.25, 0.3) is 0 Å². The highest BCUT2D eigenvalue weighted by Gasteiger charge is 2.37. The number of piperazine rings is 2. The van der Waals surface area contributed by atoms with Gasteiger partial charge in [0, 0.05) is 45.0 Å². The predicted molar refractivity (Wildman–Crippen MR) is 126 cm³/mol. The molecular formula is C24H27ClN4O4. The van der Waals surface area contributed by atoms with Crippen LogP contribution in [0.5, 0.6) is 5.75 Å². The van der Waals surface area contributed by atoms with E-state index in [0.29, 0.717) is 49.9 Å². The van der Waals surface area contributed by atoms with Gasteiger partial charge in [-0.25, -0.2) is 0 Å². The molecular weight excluding hydrogens is 444 g/mol. The van der Waals surface area contributed by atoms with E-state index in [0.717, 1.165) is 11.4 Å². The molecule has 0 aromatic heterocycles. The van der Waals surface area contributed by atoms with Gasteiger partial charge in [-0.15, -0.1) is 0 Å². The summed E-state index contributed by atoms with van der Waals surface area (Å²) in [5.74, 6) is 0.0158. The first-order valence-corrected chi connectivity index (χ1v) is 11.4. The third-order valence-electron chi connectivity index (χ3n) is 6.13. The number of nitrogens with one attached hydrogen (secondary N) is 1. The summed E-state index contributed by atoms with van der Waals surface area (Å²) in [5.41, 5.74) is 1.41. The normalized spacial score (nSPS) is 18.7. The highest BCUT2D eigenvalue weighted by Crippen LogP contribution is 2.23. The number of hydrogen-bond donors (Lipinski definition) is 1. The Balaban J connectivity index is 1.39. The van der Waals surface area contributed by atoms with Crippen LogP contribution in [0.4, 0.5) is 5.69 Å². The van der Waals surface area contributed by atoms with Gasteiger partial charge >= 0.3 is 0 Å². The Labute approximate surface area is 198 Å². The molecule has 1 N–H and O–H groups in total. The van der Waals surface area contributed by atoms with Gasteiger partial charge in [0.15, 0.2) is 0 Å². The fraction of sp³-hybridized carbons (Fsp3) is 0.375. The number of amides is 3. The molecule has 2 aliphatic rings. The van der Waals surface area contributed by atoms with Crippen LogP contribution in [0.1, 0.15) is 16.8 Å². The number of carbonyl (C=O) groups is 3. The van der Waals surface area contributed by atoms with Crippen molar-refractivity contribution >= 4 is 35.0 Å². The van der Waals surface area contributed by atoms with E-state index in [9.17, 15) is 14.4 Å². The molecule has 0 radical (unpaired) electrons. The van der Waals surface area contributed by atoms with Crippen molar-refractivity contribution in [2.24, 2.45) is 0 Å². The summed E-state index contributed by atoms with van der Waals surface area (Å²) < 4.78 is 5.21. The van der Waals surface area contributed by atoms with Crippen molar-refractivity contribution < 1.29 is 19.1 Å². The summed E-state index contributed by atoms with van der Waals surface area (Å²) in [7, 11) is 1.63. The second-order valence-corrected chi connectivity index (χ2v) is 8.46. The Hall–Kier alpha value is -3.26. The molecule has 2 saturated heterocycles. The van der Waals surface area contributed by atoms with Crippen molar-refractivity contribution in [1.29, 1.82) is 0 Å². The second-order valence-electron chi connectivity index (χ2n) is 8.06. The fourth-order valence-electron chi connectivity index (χ4n) is 4.25. The summed E-state index contributed by atoms with van der Waals surface area (Å²) in [6, 6.07) is 13.7. The Morgan fingerprint density at radius 2 is 1.73 bits per heavy atom. The SMILES string of the molecule is COc1ccc(N2CCN(C(=O)C[C@@H]3C(=O)NCCN3C(=O)c3ccccc3Cl)CC2)cc1. The van der Waals surface area contributed by atoms with Gasteiger partial charge in [-0.3, -0.25) is 14.4 Å². The van der Waals surface area contributed by atoms with Crippen molar-refractivity contribution in [2.75, 3.05) is 51.3 Å². The maximum absolute atomic E-state index is 13.1. The lowest BCUT2D eigenvalue weighted by molar-refractivity contribution is -0.138. The molecule has 2 aliphatic heterocycles. The van der Waals surface area contributed by atoms with E-state index in [-0.39, 0.29) is 24.1 Å². The van der Waals surface area contributed by atoms with E-state index >= 15 is 0 Å². The molecule has 33 heavy (non-hydrogen) atoms. The molecule has 3 amide bonds. The van der Waals surface area contributed by atoms with Crippen LogP contribution in [-0.4, -0.2) is 79.9 Å². The first kappa shape index (κ1) is 22.9. The Morgan fingerprint density at radius 1 is 1.03 bits per heavy atom.